The predicted molar refractivity (Wildman–Crippen MR) is 172 cm³/mol. The molecule has 1 heterocycles. The lowest BCUT2D eigenvalue weighted by Gasteiger charge is -2.72. The number of hydrogen-bond acceptors (Lipinski definition) is 7. The molecule has 1 saturated heterocycles. The van der Waals surface area contributed by atoms with Gasteiger partial charge in [-0.05, 0) is 131 Å². The van der Waals surface area contributed by atoms with E-state index >= 15 is 0 Å². The van der Waals surface area contributed by atoms with Crippen LogP contribution in [-0.4, -0.2) is 50.4 Å². The molecular formula is C38H60O7. The summed E-state index contributed by atoms with van der Waals surface area (Å²) in [6.07, 6.45) is 9.55. The van der Waals surface area contributed by atoms with Gasteiger partial charge in [0.05, 0.1) is 19.1 Å². The van der Waals surface area contributed by atoms with Crippen LogP contribution in [-0.2, 0) is 28.5 Å². The fourth-order valence-electron chi connectivity index (χ4n) is 13.0. The van der Waals surface area contributed by atoms with Crippen molar-refractivity contribution < 1.29 is 33.3 Å². The molecule has 0 spiro atoms. The molecule has 254 valence electrons. The SMILES string of the molecule is C=C(C)[C@@H]1CC[C@]2(C(=O)OC)CC[C@]3(C)[C@H](CCC4[C@@]5(C)CC[C@H](OC(=O)OCC6COC(C)(C)O6)C(C)(C)[C@@H]5CC[C@]43C)[C@@H]12. The lowest BCUT2D eigenvalue weighted by Crippen LogP contribution is -2.67. The zero-order chi connectivity index (χ0) is 32.8. The summed E-state index contributed by atoms with van der Waals surface area (Å²) in [6, 6.07) is 0. The Hall–Kier alpha value is -1.60. The monoisotopic (exact) mass is 628 g/mol. The Kier molecular flexibility index (Phi) is 8.12. The summed E-state index contributed by atoms with van der Waals surface area (Å²) >= 11 is 0. The molecule has 6 aliphatic rings. The molecule has 0 aromatic heterocycles. The fraction of sp³-hybridized carbons (Fsp3) is 0.895. The first-order valence-corrected chi connectivity index (χ1v) is 17.8. The van der Waals surface area contributed by atoms with Crippen LogP contribution in [0.5, 0.6) is 0 Å². The molecule has 0 bridgehead atoms. The van der Waals surface area contributed by atoms with Gasteiger partial charge in [0.2, 0.25) is 0 Å². The number of rotatable bonds is 5. The number of carbonyl (C=O) groups is 2. The van der Waals surface area contributed by atoms with Gasteiger partial charge in [0.25, 0.3) is 0 Å². The van der Waals surface area contributed by atoms with Gasteiger partial charge in [0, 0.05) is 5.41 Å². The van der Waals surface area contributed by atoms with E-state index in [0.29, 0.717) is 36.2 Å². The molecule has 5 saturated carbocycles. The Bertz CT molecular complexity index is 1210. The molecular weight excluding hydrogens is 568 g/mol. The Morgan fingerprint density at radius 1 is 0.844 bits per heavy atom. The zero-order valence-corrected chi connectivity index (χ0v) is 29.6. The van der Waals surface area contributed by atoms with E-state index in [4.69, 9.17) is 23.7 Å². The molecule has 0 N–H and O–H groups in total. The number of esters is 1. The Balaban J connectivity index is 1.21. The number of carbonyl (C=O) groups excluding carboxylic acids is 2. The van der Waals surface area contributed by atoms with E-state index in [1.54, 1.807) is 7.11 Å². The summed E-state index contributed by atoms with van der Waals surface area (Å²) in [6.45, 7) is 23.3. The van der Waals surface area contributed by atoms with Crippen molar-refractivity contribution in [2.45, 2.75) is 138 Å². The van der Waals surface area contributed by atoms with Crippen LogP contribution in [0.15, 0.2) is 12.2 Å². The minimum atomic E-state index is -0.648. The van der Waals surface area contributed by atoms with Crippen molar-refractivity contribution >= 4 is 12.1 Å². The van der Waals surface area contributed by atoms with E-state index in [-0.39, 0.29) is 51.9 Å². The summed E-state index contributed by atoms with van der Waals surface area (Å²) in [5.41, 5.74) is 1.23. The molecule has 6 fully saturated rings. The molecule has 0 radical (unpaired) electrons. The largest absolute Gasteiger partial charge is 0.508 e. The molecule has 7 nitrogen and oxygen atoms in total. The second-order valence-electron chi connectivity index (χ2n) is 17.8. The molecule has 0 aromatic rings. The molecule has 11 atom stereocenters. The van der Waals surface area contributed by atoms with Crippen molar-refractivity contribution in [3.8, 4) is 0 Å². The van der Waals surface area contributed by atoms with Crippen molar-refractivity contribution in [3.63, 3.8) is 0 Å². The minimum absolute atomic E-state index is 0.0211. The van der Waals surface area contributed by atoms with Crippen LogP contribution in [0, 0.1) is 56.7 Å². The van der Waals surface area contributed by atoms with Crippen LogP contribution in [0.3, 0.4) is 0 Å². The third-order valence-electron chi connectivity index (χ3n) is 15.3. The average Bonchev–Trinajstić information content (AvgIpc) is 3.54. The van der Waals surface area contributed by atoms with Gasteiger partial charge in [-0.1, -0.05) is 46.8 Å². The van der Waals surface area contributed by atoms with E-state index in [0.717, 1.165) is 44.9 Å². The van der Waals surface area contributed by atoms with Crippen LogP contribution >= 0.6 is 0 Å². The molecule has 45 heavy (non-hydrogen) atoms. The fourth-order valence-corrected chi connectivity index (χ4v) is 13.0. The van der Waals surface area contributed by atoms with E-state index in [1.807, 2.05) is 13.8 Å². The van der Waals surface area contributed by atoms with Crippen molar-refractivity contribution in [3.05, 3.63) is 12.2 Å². The first-order valence-electron chi connectivity index (χ1n) is 17.8. The van der Waals surface area contributed by atoms with E-state index in [9.17, 15) is 9.59 Å². The van der Waals surface area contributed by atoms with Crippen LogP contribution < -0.4 is 0 Å². The average molecular weight is 629 g/mol. The highest BCUT2D eigenvalue weighted by Crippen LogP contribution is 2.77. The Labute approximate surface area is 271 Å². The Morgan fingerprint density at radius 2 is 1.58 bits per heavy atom. The predicted octanol–water partition coefficient (Wildman–Crippen LogP) is 8.49. The second kappa shape index (κ2) is 11.0. The quantitative estimate of drug-likeness (QED) is 0.223. The molecule has 0 amide bonds. The summed E-state index contributed by atoms with van der Waals surface area (Å²) in [5.74, 6) is 1.64. The van der Waals surface area contributed by atoms with Gasteiger partial charge < -0.3 is 23.7 Å². The summed E-state index contributed by atoms with van der Waals surface area (Å²) in [5, 5.41) is 0. The lowest BCUT2D eigenvalue weighted by atomic mass is 9.32. The standard InChI is InChI=1S/C38H60O7/c1-23(2)25-13-18-38(31(39)41-10)20-19-36(8)26(30(25)38)11-12-28-35(7)16-15-29(33(3,4)27(35)14-17-37(28,36)9)44-32(40)42-21-24-22-43-34(5,6)45-24/h24-30H,1,11-22H2,2-10H3/t24?,25-,26+,27-,28?,29-,30+,35-,36+,37+,38-/m0/s1. The number of ether oxygens (including phenoxy) is 5. The molecule has 1 aliphatic heterocycles. The third-order valence-corrected chi connectivity index (χ3v) is 15.3. The molecule has 2 unspecified atom stereocenters. The summed E-state index contributed by atoms with van der Waals surface area (Å²) in [4.78, 5) is 26.4. The van der Waals surface area contributed by atoms with Crippen LogP contribution in [0.2, 0.25) is 0 Å². The highest BCUT2D eigenvalue weighted by molar-refractivity contribution is 5.78. The first-order chi connectivity index (χ1) is 20.9. The smallest absolute Gasteiger partial charge is 0.469 e. The maximum absolute atomic E-state index is 13.5. The number of allylic oxidation sites excluding steroid dienone is 1. The second-order valence-corrected chi connectivity index (χ2v) is 17.8. The minimum Gasteiger partial charge on any atom is -0.469 e. The van der Waals surface area contributed by atoms with Crippen LogP contribution in [0.1, 0.15) is 120 Å². The van der Waals surface area contributed by atoms with Crippen molar-refractivity contribution in [1.29, 1.82) is 0 Å². The van der Waals surface area contributed by atoms with E-state index in [1.165, 1.54) is 24.8 Å². The topological polar surface area (TPSA) is 80.3 Å². The van der Waals surface area contributed by atoms with Gasteiger partial charge in [-0.25, -0.2) is 4.79 Å². The van der Waals surface area contributed by atoms with Crippen LogP contribution in [0.4, 0.5) is 4.79 Å². The van der Waals surface area contributed by atoms with Gasteiger partial charge in [-0.2, -0.15) is 0 Å². The van der Waals surface area contributed by atoms with Gasteiger partial charge in [-0.3, -0.25) is 4.79 Å². The normalized spacial score (nSPS) is 47.8. The molecule has 5 aliphatic carbocycles. The lowest BCUT2D eigenvalue weighted by molar-refractivity contribution is -0.249. The highest BCUT2D eigenvalue weighted by atomic mass is 16.8. The highest BCUT2D eigenvalue weighted by Gasteiger charge is 2.72. The van der Waals surface area contributed by atoms with Crippen LogP contribution in [0.25, 0.3) is 0 Å². The number of methoxy groups -OCH3 is 1. The Morgan fingerprint density at radius 3 is 2.22 bits per heavy atom. The van der Waals surface area contributed by atoms with Crippen molar-refractivity contribution in [2.24, 2.45) is 56.7 Å². The third kappa shape index (κ3) is 4.85. The van der Waals surface area contributed by atoms with Gasteiger partial charge in [0.1, 0.15) is 18.8 Å². The molecule has 0 aromatic carbocycles. The molecule has 6 rings (SSSR count). The number of hydrogen-bond donors (Lipinski definition) is 0. The zero-order valence-electron chi connectivity index (χ0n) is 29.6. The van der Waals surface area contributed by atoms with Crippen molar-refractivity contribution in [2.75, 3.05) is 20.3 Å². The molecule has 7 heteroatoms. The van der Waals surface area contributed by atoms with E-state index in [2.05, 4.69) is 48.1 Å². The maximum atomic E-state index is 13.5. The maximum Gasteiger partial charge on any atom is 0.508 e. The van der Waals surface area contributed by atoms with E-state index < -0.39 is 11.9 Å². The summed E-state index contributed by atoms with van der Waals surface area (Å²) in [7, 11) is 1.58. The van der Waals surface area contributed by atoms with Gasteiger partial charge in [-0.15, -0.1) is 0 Å². The number of fused-ring (bicyclic) bond motifs is 7. The van der Waals surface area contributed by atoms with Crippen molar-refractivity contribution in [1.82, 2.24) is 0 Å². The van der Waals surface area contributed by atoms with Gasteiger partial charge >= 0.3 is 12.1 Å². The first kappa shape index (κ1) is 33.3. The van der Waals surface area contributed by atoms with Gasteiger partial charge in [0.15, 0.2) is 5.79 Å². The summed E-state index contributed by atoms with van der Waals surface area (Å²) < 4.78 is 28.6.